The highest BCUT2D eigenvalue weighted by Gasteiger charge is 2.32. The van der Waals surface area contributed by atoms with Crippen LogP contribution < -0.4 is 11.1 Å². The Morgan fingerprint density at radius 3 is 2.13 bits per heavy atom. The van der Waals surface area contributed by atoms with Gasteiger partial charge in [0.1, 0.15) is 5.84 Å². The Kier molecular flexibility index (Phi) is 11.6. The lowest BCUT2D eigenvalue weighted by Gasteiger charge is -2.31. The Bertz CT molecular complexity index is 2590. The van der Waals surface area contributed by atoms with E-state index in [0.29, 0.717) is 5.84 Å². The molecule has 5 nitrogen and oxygen atoms in total. The predicted molar refractivity (Wildman–Crippen MR) is 233 cm³/mol. The maximum absolute atomic E-state index is 6.91. The summed E-state index contributed by atoms with van der Waals surface area (Å²) in [7, 11) is 1.93. The number of hydrogen-bond donors (Lipinski definition) is 2. The monoisotopic (exact) mass is 705 g/mol. The second-order valence-corrected chi connectivity index (χ2v) is 12.9. The molecule has 0 saturated carbocycles. The van der Waals surface area contributed by atoms with Crippen molar-refractivity contribution in [3.63, 3.8) is 0 Å². The van der Waals surface area contributed by atoms with Crippen LogP contribution in [0.25, 0.3) is 49.2 Å². The molecule has 6 aromatic carbocycles. The standard InChI is InChI=1S/C43H37N5.C3H6.C3H4/c1-3-4-5-12-26-48-37-22-14-15-30-23-24-36-40(39(30)37)38(48)29-31-25-27-47(41(31)36)35-21-13-16-32(28-35)42(44)46-43(45-2,33-17-8-6-9-18-33)34-19-10-7-11-20-34;2*1-3-2/h3-25,27-29,45H,26H2,1-2H3,(H2,44,46);3H,1H2,2H3;1H,2H3/b4-3-,12-5-;;. The molecule has 2 heterocycles. The molecule has 2 aromatic heterocycles. The number of benzene rings is 6. The maximum atomic E-state index is 6.91. The Morgan fingerprint density at radius 1 is 0.815 bits per heavy atom. The van der Waals surface area contributed by atoms with Crippen LogP contribution in [0.1, 0.15) is 37.5 Å². The summed E-state index contributed by atoms with van der Waals surface area (Å²) in [6.45, 7) is 9.75. The molecule has 0 saturated heterocycles. The highest BCUT2D eigenvalue weighted by atomic mass is 15.1. The summed E-state index contributed by atoms with van der Waals surface area (Å²) in [5.74, 6) is 2.71. The van der Waals surface area contributed by atoms with Gasteiger partial charge in [-0.3, -0.25) is 5.32 Å². The molecule has 8 aromatic rings. The molecule has 0 aliphatic carbocycles. The number of nitrogens with one attached hydrogen (secondary N) is 1. The van der Waals surface area contributed by atoms with E-state index in [1.165, 1.54) is 43.5 Å². The number of aliphatic imine (C=N–C) groups is 1. The summed E-state index contributed by atoms with van der Waals surface area (Å²) in [4.78, 5) is 5.23. The number of hydrogen-bond acceptors (Lipinski definition) is 2. The van der Waals surface area contributed by atoms with Gasteiger partial charge >= 0.3 is 0 Å². The van der Waals surface area contributed by atoms with Gasteiger partial charge in [0, 0.05) is 45.5 Å². The molecule has 0 fully saturated rings. The van der Waals surface area contributed by atoms with Crippen LogP contribution in [-0.4, -0.2) is 22.0 Å². The number of allylic oxidation sites excluding steroid dienone is 5. The van der Waals surface area contributed by atoms with Crippen molar-refractivity contribution in [2.75, 3.05) is 7.05 Å². The largest absolute Gasteiger partial charge is 0.383 e. The van der Waals surface area contributed by atoms with E-state index in [1.807, 2.05) is 63.4 Å². The van der Waals surface area contributed by atoms with Crippen molar-refractivity contribution < 1.29 is 0 Å². The minimum Gasteiger partial charge on any atom is -0.383 e. The van der Waals surface area contributed by atoms with E-state index in [9.17, 15) is 0 Å². The van der Waals surface area contributed by atoms with Crippen molar-refractivity contribution >= 4 is 49.3 Å². The zero-order chi connectivity index (χ0) is 38.1. The van der Waals surface area contributed by atoms with Gasteiger partial charge in [0.15, 0.2) is 5.66 Å². The molecule has 0 atom stereocenters. The molecule has 3 N–H and O–H groups in total. The smallest absolute Gasteiger partial charge is 0.164 e. The van der Waals surface area contributed by atoms with Gasteiger partial charge in [-0.2, -0.15) is 0 Å². The minimum atomic E-state index is -0.850. The maximum Gasteiger partial charge on any atom is 0.164 e. The molecular weight excluding hydrogens is 659 g/mol. The Hall–Kier alpha value is -6.61. The first-order valence-corrected chi connectivity index (χ1v) is 18.2. The molecule has 0 spiro atoms. The zero-order valence-corrected chi connectivity index (χ0v) is 31.5. The third-order valence-corrected chi connectivity index (χ3v) is 9.51. The van der Waals surface area contributed by atoms with Crippen molar-refractivity contribution in [2.45, 2.75) is 33.0 Å². The van der Waals surface area contributed by atoms with E-state index in [0.717, 1.165) is 28.9 Å². The first-order chi connectivity index (χ1) is 26.5. The highest BCUT2D eigenvalue weighted by Crippen LogP contribution is 2.41. The number of fused-ring (bicyclic) bond motifs is 2. The van der Waals surface area contributed by atoms with Crippen LogP contribution in [0, 0.1) is 12.3 Å². The first kappa shape index (κ1) is 37.2. The number of amidine groups is 1. The average molecular weight is 706 g/mol. The summed E-state index contributed by atoms with van der Waals surface area (Å²) in [6, 6.07) is 44.6. The third-order valence-electron chi connectivity index (χ3n) is 9.51. The number of aromatic nitrogens is 2. The fourth-order valence-corrected chi connectivity index (χ4v) is 7.29. The number of nitrogens with zero attached hydrogens (tertiary/aromatic N) is 3. The quantitative estimate of drug-likeness (QED) is 0.0392. The summed E-state index contributed by atoms with van der Waals surface area (Å²) < 4.78 is 4.72. The van der Waals surface area contributed by atoms with Crippen LogP contribution in [0.15, 0.2) is 176 Å². The van der Waals surface area contributed by atoms with Crippen molar-refractivity contribution in [3.8, 4) is 18.0 Å². The summed E-state index contributed by atoms with van der Waals surface area (Å²) in [5, 5.41) is 9.81. The van der Waals surface area contributed by atoms with Crippen LogP contribution in [0.5, 0.6) is 0 Å². The lowest BCUT2D eigenvalue weighted by Crippen LogP contribution is -2.41. The second-order valence-electron chi connectivity index (χ2n) is 12.9. The van der Waals surface area contributed by atoms with Crippen molar-refractivity contribution in [2.24, 2.45) is 10.7 Å². The molecule has 54 heavy (non-hydrogen) atoms. The van der Waals surface area contributed by atoms with Crippen LogP contribution >= 0.6 is 0 Å². The van der Waals surface area contributed by atoms with Gasteiger partial charge in [0.2, 0.25) is 0 Å². The molecule has 0 aliphatic rings. The fourth-order valence-electron chi connectivity index (χ4n) is 7.29. The molecule has 5 heteroatoms. The van der Waals surface area contributed by atoms with Gasteiger partial charge in [0.25, 0.3) is 0 Å². The Balaban J connectivity index is 0.000000779. The predicted octanol–water partition coefficient (Wildman–Crippen LogP) is 11.1. The van der Waals surface area contributed by atoms with E-state index >= 15 is 0 Å². The third kappa shape index (κ3) is 6.96. The highest BCUT2D eigenvalue weighted by molar-refractivity contribution is 6.29. The van der Waals surface area contributed by atoms with Crippen molar-refractivity contribution in [1.29, 1.82) is 0 Å². The van der Waals surface area contributed by atoms with Crippen molar-refractivity contribution in [3.05, 3.63) is 187 Å². The normalized spacial score (nSPS) is 11.9. The Labute approximate surface area is 318 Å². The Morgan fingerprint density at radius 2 is 1.48 bits per heavy atom. The lowest BCUT2D eigenvalue weighted by molar-refractivity contribution is 0.461. The van der Waals surface area contributed by atoms with Gasteiger partial charge < -0.3 is 14.9 Å². The molecular formula is C49H47N5. The molecule has 0 amide bonds. The fraction of sp³-hybridized carbons (Fsp3) is 0.122. The first-order valence-electron chi connectivity index (χ1n) is 18.2. The molecule has 0 radical (unpaired) electrons. The van der Waals surface area contributed by atoms with E-state index in [2.05, 4.69) is 149 Å². The number of nitrogens with two attached hydrogens (primary N) is 1. The summed E-state index contributed by atoms with van der Waals surface area (Å²) in [6.07, 6.45) is 17.0. The van der Waals surface area contributed by atoms with Crippen LogP contribution in [0.3, 0.4) is 0 Å². The van der Waals surface area contributed by atoms with Gasteiger partial charge in [-0.15, -0.1) is 18.9 Å². The summed E-state index contributed by atoms with van der Waals surface area (Å²) in [5.41, 5.74) is 13.7. The topological polar surface area (TPSA) is 60.3 Å². The number of rotatable bonds is 9. The van der Waals surface area contributed by atoms with E-state index in [4.69, 9.17) is 10.7 Å². The molecule has 8 rings (SSSR count). The van der Waals surface area contributed by atoms with Crippen LogP contribution in [-0.2, 0) is 12.2 Å². The van der Waals surface area contributed by atoms with E-state index in [-0.39, 0.29) is 0 Å². The van der Waals surface area contributed by atoms with E-state index < -0.39 is 5.66 Å². The molecule has 268 valence electrons. The SMILES string of the molecule is C#CC.C/C=C\C=C/Cn1c2cccc3ccc4c(c32)c1cc1ccn(-c2cccc(/C(N)=N/C(NC)(c3ccccc3)c3ccccc3)c2)c14.C=CC. The van der Waals surface area contributed by atoms with Crippen molar-refractivity contribution in [1.82, 2.24) is 14.5 Å². The average Bonchev–Trinajstić information content (AvgIpc) is 3.79. The van der Waals surface area contributed by atoms with Gasteiger partial charge in [-0.1, -0.05) is 127 Å². The second kappa shape index (κ2) is 16.8. The van der Waals surface area contributed by atoms with Gasteiger partial charge in [0.05, 0.1) is 16.6 Å². The molecule has 0 bridgehead atoms. The van der Waals surface area contributed by atoms with Crippen LogP contribution in [0.4, 0.5) is 0 Å². The number of terminal acetylenes is 1. The van der Waals surface area contributed by atoms with Crippen LogP contribution in [0.2, 0.25) is 0 Å². The lowest BCUT2D eigenvalue weighted by atomic mass is 9.91. The molecule has 0 unspecified atom stereocenters. The summed E-state index contributed by atoms with van der Waals surface area (Å²) >= 11 is 0. The minimum absolute atomic E-state index is 0.456. The van der Waals surface area contributed by atoms with Gasteiger partial charge in [-0.05, 0) is 74.7 Å². The molecule has 0 aliphatic heterocycles. The van der Waals surface area contributed by atoms with Gasteiger partial charge in [-0.25, -0.2) is 4.99 Å². The van der Waals surface area contributed by atoms with E-state index in [1.54, 1.807) is 13.0 Å². The zero-order valence-electron chi connectivity index (χ0n) is 31.5.